The lowest BCUT2D eigenvalue weighted by Gasteiger charge is -2.32. The summed E-state index contributed by atoms with van der Waals surface area (Å²) in [5.74, 6) is 1.09. The average molecular weight is 430 g/mol. The van der Waals surface area contributed by atoms with E-state index in [4.69, 9.17) is 4.74 Å². The summed E-state index contributed by atoms with van der Waals surface area (Å²) in [6, 6.07) is 12.7. The van der Waals surface area contributed by atoms with Crippen molar-refractivity contribution < 1.29 is 4.74 Å². The molecular formula is C24H27N7O. The van der Waals surface area contributed by atoms with E-state index in [9.17, 15) is 5.26 Å². The van der Waals surface area contributed by atoms with Gasteiger partial charge in [0, 0.05) is 42.4 Å². The molecule has 1 aliphatic heterocycles. The quantitative estimate of drug-likeness (QED) is 0.602. The van der Waals surface area contributed by atoms with Crippen LogP contribution in [0.2, 0.25) is 0 Å². The van der Waals surface area contributed by atoms with E-state index in [-0.39, 0.29) is 6.04 Å². The van der Waals surface area contributed by atoms with Gasteiger partial charge in [0.15, 0.2) is 0 Å². The van der Waals surface area contributed by atoms with Gasteiger partial charge in [0.1, 0.15) is 0 Å². The molecule has 5 rings (SSSR count). The number of morpholine rings is 1. The first-order chi connectivity index (χ1) is 15.8. The van der Waals surface area contributed by atoms with Gasteiger partial charge in [0.05, 0.1) is 43.6 Å². The Morgan fingerprint density at radius 3 is 2.69 bits per heavy atom. The molecule has 1 unspecified atom stereocenters. The second-order valence-electron chi connectivity index (χ2n) is 8.37. The van der Waals surface area contributed by atoms with Crippen molar-refractivity contribution in [3.8, 4) is 17.3 Å². The van der Waals surface area contributed by atoms with E-state index < -0.39 is 0 Å². The molecule has 3 aromatic rings. The lowest BCUT2D eigenvalue weighted by Crippen LogP contribution is -2.36. The van der Waals surface area contributed by atoms with Gasteiger partial charge in [0.2, 0.25) is 5.95 Å². The zero-order chi connectivity index (χ0) is 21.8. The van der Waals surface area contributed by atoms with Crippen LogP contribution in [0.3, 0.4) is 0 Å². The van der Waals surface area contributed by atoms with E-state index in [1.807, 2.05) is 35.3 Å². The van der Waals surface area contributed by atoms with E-state index in [2.05, 4.69) is 43.5 Å². The second-order valence-corrected chi connectivity index (χ2v) is 8.37. The lowest BCUT2D eigenvalue weighted by atomic mass is 9.79. The largest absolute Gasteiger partial charge is 0.378 e. The molecule has 2 aromatic heterocycles. The Morgan fingerprint density at radius 1 is 1.16 bits per heavy atom. The molecular weight excluding hydrogens is 402 g/mol. The predicted octanol–water partition coefficient (Wildman–Crippen LogP) is 4.18. The predicted molar refractivity (Wildman–Crippen MR) is 123 cm³/mol. The maximum Gasteiger partial charge on any atom is 0.227 e. The van der Waals surface area contributed by atoms with Crippen LogP contribution in [0.1, 0.15) is 31.7 Å². The molecule has 8 heteroatoms. The maximum atomic E-state index is 9.23. The number of ether oxygens (including phenoxy) is 1. The third-order valence-electron chi connectivity index (χ3n) is 6.39. The molecule has 1 saturated heterocycles. The van der Waals surface area contributed by atoms with Gasteiger partial charge in [-0.1, -0.05) is 6.42 Å². The van der Waals surface area contributed by atoms with Gasteiger partial charge in [-0.2, -0.15) is 10.4 Å². The molecule has 2 aliphatic rings. The molecule has 3 heterocycles. The van der Waals surface area contributed by atoms with Crippen LogP contribution in [-0.4, -0.2) is 46.1 Å². The fourth-order valence-corrected chi connectivity index (χ4v) is 4.33. The van der Waals surface area contributed by atoms with E-state index in [1.165, 1.54) is 24.9 Å². The van der Waals surface area contributed by atoms with Crippen molar-refractivity contribution in [1.82, 2.24) is 19.7 Å². The number of nitrogens with one attached hydrogen (secondary N) is 1. The van der Waals surface area contributed by atoms with Crippen LogP contribution in [0, 0.1) is 17.2 Å². The number of nitriles is 1. The summed E-state index contributed by atoms with van der Waals surface area (Å²) in [5, 5.41) is 17.1. The summed E-state index contributed by atoms with van der Waals surface area (Å²) in [5.41, 5.74) is 3.87. The van der Waals surface area contributed by atoms with Crippen molar-refractivity contribution >= 4 is 17.3 Å². The van der Waals surface area contributed by atoms with Crippen molar-refractivity contribution in [2.45, 2.75) is 31.7 Å². The summed E-state index contributed by atoms with van der Waals surface area (Å²) >= 11 is 0. The van der Waals surface area contributed by atoms with E-state index in [0.29, 0.717) is 18.3 Å². The number of anilines is 3. The Labute approximate surface area is 187 Å². The molecule has 0 radical (unpaired) electrons. The molecule has 0 spiro atoms. The first-order valence-corrected chi connectivity index (χ1v) is 11.2. The molecule has 0 bridgehead atoms. The molecule has 0 amide bonds. The van der Waals surface area contributed by atoms with Gasteiger partial charge < -0.3 is 15.0 Å². The summed E-state index contributed by atoms with van der Waals surface area (Å²) in [6.07, 6.45) is 9.66. The Bertz CT molecular complexity index is 1080. The smallest absolute Gasteiger partial charge is 0.227 e. The highest BCUT2D eigenvalue weighted by atomic mass is 16.5. The topological polar surface area (TPSA) is 91.9 Å². The van der Waals surface area contributed by atoms with Gasteiger partial charge in [-0.15, -0.1) is 0 Å². The Hall–Kier alpha value is -3.44. The van der Waals surface area contributed by atoms with Gasteiger partial charge in [0.25, 0.3) is 0 Å². The van der Waals surface area contributed by atoms with Crippen LogP contribution in [0.5, 0.6) is 0 Å². The van der Waals surface area contributed by atoms with Gasteiger partial charge in [-0.3, -0.25) is 4.68 Å². The standard InChI is InChI=1S/C24H27N7O/c25-10-8-23(18-2-1-3-18)31-17-19(16-27-31)22-9-11-26-24(29-22)28-20-4-6-21(7-5-20)30-12-14-32-15-13-30/h4-7,9,11,16-18,23H,1-3,8,12-15H2,(H,26,28,29). The molecule has 32 heavy (non-hydrogen) atoms. The Kier molecular flexibility index (Phi) is 5.99. The fraction of sp³-hybridized carbons (Fsp3) is 0.417. The van der Waals surface area contributed by atoms with Crippen molar-refractivity contribution in [2.75, 3.05) is 36.5 Å². The molecule has 8 nitrogen and oxygen atoms in total. The SMILES string of the molecule is N#CCC(C1CCC1)n1cc(-c2ccnc(Nc3ccc(N4CCOCC4)cc3)n2)cn1. The molecule has 1 saturated carbocycles. The van der Waals surface area contributed by atoms with Crippen molar-refractivity contribution in [3.63, 3.8) is 0 Å². The van der Waals surface area contributed by atoms with Crippen molar-refractivity contribution in [1.29, 1.82) is 5.26 Å². The number of hydrogen-bond acceptors (Lipinski definition) is 7. The van der Waals surface area contributed by atoms with E-state index >= 15 is 0 Å². The molecule has 2 fully saturated rings. The van der Waals surface area contributed by atoms with Gasteiger partial charge >= 0.3 is 0 Å². The van der Waals surface area contributed by atoms with Gasteiger partial charge in [-0.05, 0) is 49.1 Å². The van der Waals surface area contributed by atoms with E-state index in [0.717, 1.165) is 43.2 Å². The number of aromatic nitrogens is 4. The normalized spacial score (nSPS) is 17.4. The summed E-state index contributed by atoms with van der Waals surface area (Å²) in [7, 11) is 0. The van der Waals surface area contributed by atoms with Crippen LogP contribution in [-0.2, 0) is 4.74 Å². The second kappa shape index (κ2) is 9.37. The van der Waals surface area contributed by atoms with Crippen molar-refractivity contribution in [3.05, 3.63) is 48.9 Å². The van der Waals surface area contributed by atoms with Crippen LogP contribution in [0.15, 0.2) is 48.9 Å². The molecule has 1 N–H and O–H groups in total. The number of nitrogens with zero attached hydrogens (tertiary/aromatic N) is 6. The monoisotopic (exact) mass is 429 g/mol. The minimum atomic E-state index is 0.145. The molecule has 1 aromatic carbocycles. The Balaban J connectivity index is 1.29. The number of hydrogen-bond donors (Lipinski definition) is 1. The van der Waals surface area contributed by atoms with Crippen molar-refractivity contribution in [2.24, 2.45) is 5.92 Å². The Morgan fingerprint density at radius 2 is 1.97 bits per heavy atom. The lowest BCUT2D eigenvalue weighted by molar-refractivity contribution is 0.122. The number of rotatable bonds is 7. The molecule has 1 aliphatic carbocycles. The van der Waals surface area contributed by atoms with E-state index in [1.54, 1.807) is 6.20 Å². The third-order valence-corrected chi connectivity index (χ3v) is 6.39. The van der Waals surface area contributed by atoms with Crippen LogP contribution in [0.4, 0.5) is 17.3 Å². The first kappa shape index (κ1) is 20.5. The molecule has 1 atom stereocenters. The van der Waals surface area contributed by atoms with Gasteiger partial charge in [-0.25, -0.2) is 9.97 Å². The third kappa shape index (κ3) is 4.43. The van der Waals surface area contributed by atoms with Crippen LogP contribution >= 0.6 is 0 Å². The number of benzene rings is 1. The highest BCUT2D eigenvalue weighted by molar-refractivity contribution is 5.62. The average Bonchev–Trinajstić information content (AvgIpc) is 3.29. The van der Waals surface area contributed by atoms with Crippen LogP contribution < -0.4 is 10.2 Å². The minimum Gasteiger partial charge on any atom is -0.378 e. The van der Waals surface area contributed by atoms with Crippen LogP contribution in [0.25, 0.3) is 11.3 Å². The highest BCUT2D eigenvalue weighted by Crippen LogP contribution is 2.38. The zero-order valence-electron chi connectivity index (χ0n) is 18.0. The summed E-state index contributed by atoms with van der Waals surface area (Å²) < 4.78 is 7.37. The summed E-state index contributed by atoms with van der Waals surface area (Å²) in [6.45, 7) is 3.38. The molecule has 164 valence electrons. The first-order valence-electron chi connectivity index (χ1n) is 11.2. The highest BCUT2D eigenvalue weighted by Gasteiger charge is 2.29. The minimum absolute atomic E-state index is 0.145. The maximum absolute atomic E-state index is 9.23. The zero-order valence-corrected chi connectivity index (χ0v) is 18.0. The fourth-order valence-electron chi connectivity index (χ4n) is 4.33. The summed E-state index contributed by atoms with van der Waals surface area (Å²) in [4.78, 5) is 11.4.